The highest BCUT2D eigenvalue weighted by molar-refractivity contribution is 7.92. The van der Waals surface area contributed by atoms with E-state index in [-0.39, 0.29) is 11.5 Å². The molecule has 1 amide bonds. The molecule has 2 N–H and O–H groups in total. The molecule has 1 rings (SSSR count). The maximum absolute atomic E-state index is 11.7. The zero-order chi connectivity index (χ0) is 14.0. The summed E-state index contributed by atoms with van der Waals surface area (Å²) >= 11 is 0. The van der Waals surface area contributed by atoms with Crippen molar-refractivity contribution < 1.29 is 13.2 Å². The van der Waals surface area contributed by atoms with Crippen LogP contribution in [0.15, 0.2) is 0 Å². The fraction of sp³-hybridized carbons (Fsp3) is 0.917. The van der Waals surface area contributed by atoms with E-state index in [1.54, 1.807) is 0 Å². The Kier molecular flexibility index (Phi) is 4.78. The van der Waals surface area contributed by atoms with E-state index in [1.807, 2.05) is 0 Å². The second-order valence-electron chi connectivity index (χ2n) is 5.82. The van der Waals surface area contributed by atoms with E-state index in [2.05, 4.69) is 24.5 Å². The van der Waals surface area contributed by atoms with Crippen LogP contribution in [0.25, 0.3) is 0 Å². The SMILES string of the molecule is CC(C(=O)NCC1NCCCC1(C)C)S(C)(=O)=O. The zero-order valence-corrected chi connectivity index (χ0v) is 12.4. The summed E-state index contributed by atoms with van der Waals surface area (Å²) < 4.78 is 22.5. The molecule has 1 fully saturated rings. The van der Waals surface area contributed by atoms with Crippen molar-refractivity contribution in [1.82, 2.24) is 10.6 Å². The minimum absolute atomic E-state index is 0.125. The van der Waals surface area contributed by atoms with E-state index >= 15 is 0 Å². The molecule has 6 heteroatoms. The molecule has 0 aromatic carbocycles. The molecule has 0 bridgehead atoms. The van der Waals surface area contributed by atoms with Gasteiger partial charge >= 0.3 is 0 Å². The van der Waals surface area contributed by atoms with Gasteiger partial charge in [0.1, 0.15) is 5.25 Å². The second kappa shape index (κ2) is 5.57. The Morgan fingerprint density at radius 2 is 2.11 bits per heavy atom. The first kappa shape index (κ1) is 15.4. The predicted octanol–water partition coefficient (Wildman–Crippen LogP) is 0.314. The molecule has 0 aliphatic carbocycles. The minimum atomic E-state index is -3.32. The normalized spacial score (nSPS) is 25.4. The van der Waals surface area contributed by atoms with Gasteiger partial charge in [-0.15, -0.1) is 0 Å². The van der Waals surface area contributed by atoms with Gasteiger partial charge in [0.25, 0.3) is 0 Å². The molecular formula is C12H24N2O3S. The van der Waals surface area contributed by atoms with Crippen molar-refractivity contribution in [3.63, 3.8) is 0 Å². The van der Waals surface area contributed by atoms with Crippen LogP contribution in [0.3, 0.4) is 0 Å². The third kappa shape index (κ3) is 3.95. The molecule has 2 atom stereocenters. The van der Waals surface area contributed by atoms with Crippen molar-refractivity contribution >= 4 is 15.7 Å². The van der Waals surface area contributed by atoms with Gasteiger partial charge in [-0.05, 0) is 31.7 Å². The number of carbonyl (C=O) groups is 1. The summed E-state index contributed by atoms with van der Waals surface area (Å²) in [6.45, 7) is 7.17. The maximum Gasteiger partial charge on any atom is 0.238 e. The molecule has 5 nitrogen and oxygen atoms in total. The Hall–Kier alpha value is -0.620. The van der Waals surface area contributed by atoms with Gasteiger partial charge < -0.3 is 10.6 Å². The van der Waals surface area contributed by atoms with E-state index in [1.165, 1.54) is 6.92 Å². The number of rotatable bonds is 4. The van der Waals surface area contributed by atoms with Crippen LogP contribution in [-0.2, 0) is 14.6 Å². The smallest absolute Gasteiger partial charge is 0.238 e. The number of hydrogen-bond acceptors (Lipinski definition) is 4. The molecular weight excluding hydrogens is 252 g/mol. The second-order valence-corrected chi connectivity index (χ2v) is 8.18. The van der Waals surface area contributed by atoms with Crippen LogP contribution < -0.4 is 10.6 Å². The number of sulfone groups is 1. The molecule has 0 spiro atoms. The highest BCUT2D eigenvalue weighted by Gasteiger charge is 2.33. The van der Waals surface area contributed by atoms with Gasteiger partial charge in [0, 0.05) is 18.8 Å². The van der Waals surface area contributed by atoms with Crippen LogP contribution in [0.2, 0.25) is 0 Å². The standard InChI is InChI=1S/C12H24N2O3S/c1-9(18(4,16)17)11(15)14-8-10-12(2,3)6-5-7-13-10/h9-10,13H,5-8H2,1-4H3,(H,14,15). The molecule has 1 aliphatic heterocycles. The van der Waals surface area contributed by atoms with E-state index in [9.17, 15) is 13.2 Å². The summed E-state index contributed by atoms with van der Waals surface area (Å²) in [5.41, 5.74) is 0.125. The molecule has 0 radical (unpaired) electrons. The Balaban J connectivity index is 2.52. The largest absolute Gasteiger partial charge is 0.353 e. The predicted molar refractivity (Wildman–Crippen MR) is 72.1 cm³/mol. The van der Waals surface area contributed by atoms with Crippen molar-refractivity contribution in [1.29, 1.82) is 0 Å². The lowest BCUT2D eigenvalue weighted by molar-refractivity contribution is -0.120. The van der Waals surface area contributed by atoms with Gasteiger partial charge in [0.2, 0.25) is 5.91 Å². The van der Waals surface area contributed by atoms with Gasteiger partial charge in [-0.2, -0.15) is 0 Å². The molecule has 106 valence electrons. The fourth-order valence-electron chi connectivity index (χ4n) is 2.16. The van der Waals surface area contributed by atoms with Crippen LogP contribution >= 0.6 is 0 Å². The number of hydrogen-bond donors (Lipinski definition) is 2. The topological polar surface area (TPSA) is 75.3 Å². The molecule has 1 heterocycles. The third-order valence-electron chi connectivity index (χ3n) is 3.82. The van der Waals surface area contributed by atoms with Crippen LogP contribution in [0, 0.1) is 5.41 Å². The van der Waals surface area contributed by atoms with E-state index in [4.69, 9.17) is 0 Å². The van der Waals surface area contributed by atoms with Gasteiger partial charge in [-0.1, -0.05) is 13.8 Å². The fourth-order valence-corrected chi connectivity index (χ4v) is 2.63. The van der Waals surface area contributed by atoms with Crippen LogP contribution in [0.1, 0.15) is 33.6 Å². The zero-order valence-electron chi connectivity index (χ0n) is 11.6. The summed E-state index contributed by atoms with van der Waals surface area (Å²) in [4.78, 5) is 11.7. The minimum Gasteiger partial charge on any atom is -0.353 e. The van der Waals surface area contributed by atoms with E-state index in [0.29, 0.717) is 6.54 Å². The highest BCUT2D eigenvalue weighted by atomic mass is 32.2. The summed E-state index contributed by atoms with van der Waals surface area (Å²) in [6.07, 6.45) is 3.33. The lowest BCUT2D eigenvalue weighted by atomic mass is 9.77. The Morgan fingerprint density at radius 1 is 1.50 bits per heavy atom. The first-order valence-corrected chi connectivity index (χ1v) is 8.30. The summed E-state index contributed by atoms with van der Waals surface area (Å²) in [5, 5.41) is 5.13. The molecule has 1 saturated heterocycles. The van der Waals surface area contributed by atoms with Gasteiger partial charge in [0.15, 0.2) is 9.84 Å². The van der Waals surface area contributed by atoms with Crippen LogP contribution in [0.4, 0.5) is 0 Å². The Morgan fingerprint density at radius 3 is 2.61 bits per heavy atom. The number of amides is 1. The maximum atomic E-state index is 11.7. The summed E-state index contributed by atoms with van der Waals surface area (Å²) in [6, 6.07) is 0.196. The van der Waals surface area contributed by atoms with Crippen molar-refractivity contribution in [2.45, 2.75) is 44.9 Å². The highest BCUT2D eigenvalue weighted by Crippen LogP contribution is 2.29. The van der Waals surface area contributed by atoms with Crippen LogP contribution in [0.5, 0.6) is 0 Å². The molecule has 2 unspecified atom stereocenters. The van der Waals surface area contributed by atoms with Gasteiger partial charge in [-0.3, -0.25) is 4.79 Å². The van der Waals surface area contributed by atoms with Gasteiger partial charge in [0.05, 0.1) is 0 Å². The third-order valence-corrected chi connectivity index (χ3v) is 5.32. The van der Waals surface area contributed by atoms with E-state index in [0.717, 1.165) is 25.6 Å². The Bertz CT molecular complexity index is 404. The molecule has 0 aromatic rings. The first-order valence-electron chi connectivity index (χ1n) is 6.34. The molecule has 0 saturated carbocycles. The Labute approximate surface area is 110 Å². The molecule has 18 heavy (non-hydrogen) atoms. The number of nitrogens with one attached hydrogen (secondary N) is 2. The lowest BCUT2D eigenvalue weighted by Gasteiger charge is -2.39. The first-order chi connectivity index (χ1) is 8.14. The van der Waals surface area contributed by atoms with Crippen molar-refractivity contribution in [2.75, 3.05) is 19.3 Å². The van der Waals surface area contributed by atoms with E-state index < -0.39 is 21.0 Å². The van der Waals surface area contributed by atoms with Crippen molar-refractivity contribution in [3.05, 3.63) is 0 Å². The number of carbonyl (C=O) groups excluding carboxylic acids is 1. The van der Waals surface area contributed by atoms with Crippen LogP contribution in [-0.4, -0.2) is 45.0 Å². The van der Waals surface area contributed by atoms with Crippen molar-refractivity contribution in [2.24, 2.45) is 5.41 Å². The molecule has 0 aromatic heterocycles. The average molecular weight is 276 g/mol. The summed E-state index contributed by atoms with van der Waals surface area (Å²) in [7, 11) is -3.32. The lowest BCUT2D eigenvalue weighted by Crippen LogP contribution is -2.54. The van der Waals surface area contributed by atoms with Crippen molar-refractivity contribution in [3.8, 4) is 0 Å². The molecule has 1 aliphatic rings. The quantitative estimate of drug-likeness (QED) is 0.775. The van der Waals surface area contributed by atoms with Gasteiger partial charge in [-0.25, -0.2) is 8.42 Å². The average Bonchev–Trinajstić information content (AvgIpc) is 2.24. The monoisotopic (exact) mass is 276 g/mol. The summed E-state index contributed by atoms with van der Waals surface area (Å²) in [5.74, 6) is -0.416. The number of piperidine rings is 1.